The van der Waals surface area contributed by atoms with E-state index >= 15 is 0 Å². The Morgan fingerprint density at radius 1 is 1.23 bits per heavy atom. The predicted octanol–water partition coefficient (Wildman–Crippen LogP) is 5.68. The number of hydrogen-bond acceptors (Lipinski definition) is 6. The summed E-state index contributed by atoms with van der Waals surface area (Å²) >= 11 is 8.16. The fraction of sp³-hybridized carbons (Fsp3) is 0.417. The van der Waals surface area contributed by atoms with Crippen LogP contribution in [0.2, 0.25) is 5.02 Å². The summed E-state index contributed by atoms with van der Waals surface area (Å²) in [5.41, 5.74) is 1.92. The van der Waals surface area contributed by atoms with Crippen LogP contribution in [-0.4, -0.2) is 30.2 Å². The number of fused-ring (bicyclic) bond motifs is 1. The van der Waals surface area contributed by atoms with Gasteiger partial charge in [-0.3, -0.25) is 9.69 Å². The molecule has 1 aromatic carbocycles. The second kappa shape index (κ2) is 12.0. The normalized spacial score (nSPS) is 14.9. The molecule has 166 valence electrons. The van der Waals surface area contributed by atoms with Crippen molar-refractivity contribution in [2.75, 3.05) is 13.3 Å². The van der Waals surface area contributed by atoms with E-state index in [4.69, 9.17) is 21.1 Å². The molecule has 2 aromatic rings. The van der Waals surface area contributed by atoms with Crippen LogP contribution in [0.15, 0.2) is 47.9 Å². The monoisotopic (exact) mass is 461 g/mol. The summed E-state index contributed by atoms with van der Waals surface area (Å²) in [6.45, 7) is 3.05. The van der Waals surface area contributed by atoms with Crippen molar-refractivity contribution in [1.29, 1.82) is 0 Å². The van der Waals surface area contributed by atoms with Gasteiger partial charge in [0, 0.05) is 29.4 Å². The number of carbonyl (C=O) groups excluding carboxylic acids is 2. The number of ether oxygens (including phenoxy) is 2. The van der Waals surface area contributed by atoms with Crippen LogP contribution in [-0.2, 0) is 32.0 Å². The van der Waals surface area contributed by atoms with Gasteiger partial charge in [-0.15, -0.1) is 11.3 Å². The largest absolute Gasteiger partial charge is 0.428 e. The Kier molecular flexibility index (Phi) is 9.13. The van der Waals surface area contributed by atoms with Gasteiger partial charge in [0.1, 0.15) is 6.04 Å². The molecule has 0 radical (unpaired) electrons. The minimum Gasteiger partial charge on any atom is -0.428 e. The molecular formula is C24H28ClNO4S. The van der Waals surface area contributed by atoms with E-state index in [0.29, 0.717) is 30.0 Å². The lowest BCUT2D eigenvalue weighted by Gasteiger charge is -2.33. The fourth-order valence-electron chi connectivity index (χ4n) is 3.61. The highest BCUT2D eigenvalue weighted by Crippen LogP contribution is 2.34. The Bertz CT molecular complexity index is 910. The first-order valence-electron chi connectivity index (χ1n) is 10.6. The first-order valence-corrected chi connectivity index (χ1v) is 11.9. The third-order valence-electron chi connectivity index (χ3n) is 5.20. The smallest absolute Gasteiger partial charge is 0.330 e. The zero-order valence-corrected chi connectivity index (χ0v) is 19.3. The molecule has 0 amide bonds. The van der Waals surface area contributed by atoms with Crippen molar-refractivity contribution in [3.63, 3.8) is 0 Å². The molecule has 31 heavy (non-hydrogen) atoms. The molecule has 1 aliphatic heterocycles. The maximum atomic E-state index is 13.0. The lowest BCUT2D eigenvalue weighted by molar-refractivity contribution is -0.171. The first kappa shape index (κ1) is 23.5. The third-order valence-corrected chi connectivity index (χ3v) is 6.57. The van der Waals surface area contributed by atoms with E-state index in [1.165, 1.54) is 10.4 Å². The summed E-state index contributed by atoms with van der Waals surface area (Å²) in [6.07, 6.45) is 7.83. The molecule has 1 aromatic heterocycles. The van der Waals surface area contributed by atoms with E-state index in [0.717, 1.165) is 25.8 Å². The van der Waals surface area contributed by atoms with Crippen molar-refractivity contribution in [1.82, 2.24) is 4.90 Å². The number of benzene rings is 1. The molecule has 0 saturated carbocycles. The van der Waals surface area contributed by atoms with Crippen molar-refractivity contribution in [2.24, 2.45) is 0 Å². The van der Waals surface area contributed by atoms with Crippen LogP contribution in [0.3, 0.4) is 0 Å². The maximum absolute atomic E-state index is 13.0. The van der Waals surface area contributed by atoms with Crippen LogP contribution in [0.5, 0.6) is 0 Å². The molecule has 0 aliphatic carbocycles. The van der Waals surface area contributed by atoms with Gasteiger partial charge >= 0.3 is 11.9 Å². The summed E-state index contributed by atoms with van der Waals surface area (Å²) in [7, 11) is 0. The zero-order chi connectivity index (χ0) is 22.1. The van der Waals surface area contributed by atoms with Crippen molar-refractivity contribution >= 4 is 34.9 Å². The van der Waals surface area contributed by atoms with Gasteiger partial charge < -0.3 is 9.47 Å². The summed E-state index contributed by atoms with van der Waals surface area (Å²) in [5, 5.41) is 2.59. The van der Waals surface area contributed by atoms with Gasteiger partial charge in [0.15, 0.2) is 0 Å². The van der Waals surface area contributed by atoms with Gasteiger partial charge in [0.2, 0.25) is 6.79 Å². The Morgan fingerprint density at radius 2 is 2.06 bits per heavy atom. The van der Waals surface area contributed by atoms with E-state index in [1.807, 2.05) is 18.2 Å². The highest BCUT2D eigenvalue weighted by molar-refractivity contribution is 7.10. The molecule has 7 heteroatoms. The van der Waals surface area contributed by atoms with Crippen LogP contribution in [0.1, 0.15) is 54.7 Å². The van der Waals surface area contributed by atoms with Crippen molar-refractivity contribution in [3.8, 4) is 0 Å². The van der Waals surface area contributed by atoms with E-state index < -0.39 is 12.0 Å². The zero-order valence-electron chi connectivity index (χ0n) is 17.7. The molecule has 1 atom stereocenters. The molecule has 0 N–H and O–H groups in total. The van der Waals surface area contributed by atoms with Gasteiger partial charge in [-0.2, -0.15) is 0 Å². The quantitative estimate of drug-likeness (QED) is 0.197. The van der Waals surface area contributed by atoms with Gasteiger partial charge in [-0.1, -0.05) is 48.9 Å². The Hall–Kier alpha value is -2.15. The van der Waals surface area contributed by atoms with Crippen LogP contribution < -0.4 is 0 Å². The Labute approximate surface area is 192 Å². The van der Waals surface area contributed by atoms with Crippen LogP contribution in [0.4, 0.5) is 0 Å². The van der Waals surface area contributed by atoms with Gasteiger partial charge in [0.05, 0.1) is 0 Å². The standard InChI is InChI=1S/C24H28ClNO4S/c1-2-3-4-5-6-11-22(27)29-17-30-24(28)23(19-9-7-8-10-20(19)25)26-14-12-21-18(16-26)13-15-31-21/h3-4,7-10,13,15,23H,2,5-6,11-12,14,16-17H2,1H3/t23-/m0/s1. The number of thiophene rings is 1. The summed E-state index contributed by atoms with van der Waals surface area (Å²) in [4.78, 5) is 28.4. The number of hydrogen-bond donors (Lipinski definition) is 0. The highest BCUT2D eigenvalue weighted by atomic mass is 35.5. The van der Waals surface area contributed by atoms with E-state index in [1.54, 1.807) is 17.4 Å². The molecule has 0 spiro atoms. The topological polar surface area (TPSA) is 55.8 Å². The molecule has 0 saturated heterocycles. The minimum absolute atomic E-state index is 0.298. The van der Waals surface area contributed by atoms with Crippen molar-refractivity contribution in [3.05, 3.63) is 68.9 Å². The van der Waals surface area contributed by atoms with Gasteiger partial charge in [-0.05, 0) is 54.3 Å². The lowest BCUT2D eigenvalue weighted by atomic mass is 10.0. The SMILES string of the molecule is CCC=CCCCC(=O)OCOC(=O)[C@H](c1ccccc1Cl)N1CCc2sccc2C1. The molecule has 3 rings (SSSR count). The molecule has 0 unspecified atom stereocenters. The molecule has 0 fully saturated rings. The van der Waals surface area contributed by atoms with E-state index in [-0.39, 0.29) is 12.8 Å². The minimum atomic E-state index is -0.653. The van der Waals surface area contributed by atoms with E-state index in [9.17, 15) is 9.59 Å². The Balaban J connectivity index is 1.59. The first-order chi connectivity index (χ1) is 15.1. The summed E-state index contributed by atoms with van der Waals surface area (Å²) in [6, 6.07) is 8.74. The Morgan fingerprint density at radius 3 is 2.87 bits per heavy atom. The molecular weight excluding hydrogens is 434 g/mol. The summed E-state index contributed by atoms with van der Waals surface area (Å²) < 4.78 is 10.5. The number of nitrogens with zero attached hydrogens (tertiary/aromatic N) is 1. The van der Waals surface area contributed by atoms with Crippen LogP contribution in [0.25, 0.3) is 0 Å². The van der Waals surface area contributed by atoms with Crippen LogP contribution >= 0.6 is 22.9 Å². The molecule has 5 nitrogen and oxygen atoms in total. The molecule has 1 aliphatic rings. The second-order valence-electron chi connectivity index (χ2n) is 7.38. The lowest BCUT2D eigenvalue weighted by Crippen LogP contribution is -2.39. The fourth-order valence-corrected chi connectivity index (χ4v) is 4.74. The number of halogens is 1. The highest BCUT2D eigenvalue weighted by Gasteiger charge is 2.33. The molecule has 2 heterocycles. The summed E-state index contributed by atoms with van der Waals surface area (Å²) in [5.74, 6) is -0.835. The number of rotatable bonds is 10. The van der Waals surface area contributed by atoms with Crippen molar-refractivity contribution in [2.45, 2.75) is 51.6 Å². The average Bonchev–Trinajstić information content (AvgIpc) is 3.23. The molecule has 0 bridgehead atoms. The van der Waals surface area contributed by atoms with Crippen molar-refractivity contribution < 1.29 is 19.1 Å². The second-order valence-corrected chi connectivity index (χ2v) is 8.79. The predicted molar refractivity (Wildman–Crippen MR) is 123 cm³/mol. The maximum Gasteiger partial charge on any atom is 0.330 e. The number of allylic oxidation sites excluding steroid dienone is 2. The average molecular weight is 462 g/mol. The third kappa shape index (κ3) is 6.66. The van der Waals surface area contributed by atoms with E-state index in [2.05, 4.69) is 35.4 Å². The number of carbonyl (C=O) groups is 2. The van der Waals surface area contributed by atoms with Gasteiger partial charge in [0.25, 0.3) is 0 Å². The number of unbranched alkanes of at least 4 members (excludes halogenated alkanes) is 1. The van der Waals surface area contributed by atoms with Crippen LogP contribution in [0, 0.1) is 0 Å². The van der Waals surface area contributed by atoms with Gasteiger partial charge in [-0.25, -0.2) is 4.79 Å². The number of esters is 2.